The van der Waals surface area contributed by atoms with Crippen LogP contribution in [0.4, 0.5) is 4.39 Å². The van der Waals surface area contributed by atoms with Crippen molar-refractivity contribution in [1.29, 1.82) is 0 Å². The smallest absolute Gasteiger partial charge is 0.131 e. The van der Waals surface area contributed by atoms with Gasteiger partial charge in [0.1, 0.15) is 5.82 Å². The average molecular weight is 295 g/mol. The molecule has 0 N–H and O–H groups in total. The van der Waals surface area contributed by atoms with Crippen molar-refractivity contribution < 1.29 is 4.39 Å². The quantitative estimate of drug-likeness (QED) is 0.768. The molecule has 0 aromatic heterocycles. The minimum absolute atomic E-state index is 0.170. The van der Waals surface area contributed by atoms with Gasteiger partial charge in [-0.15, -0.1) is 0 Å². The van der Waals surface area contributed by atoms with Gasteiger partial charge in [0.05, 0.1) is 0 Å². The molecule has 0 radical (unpaired) electrons. The molecule has 114 valence electrons. The van der Waals surface area contributed by atoms with Crippen LogP contribution >= 0.6 is 0 Å². The minimum atomic E-state index is -0.170. The first-order valence-corrected chi connectivity index (χ1v) is 7.98. The maximum absolute atomic E-state index is 13.8. The molecule has 1 aliphatic heterocycles. The first-order valence-electron chi connectivity index (χ1n) is 7.98. The van der Waals surface area contributed by atoms with Gasteiger partial charge >= 0.3 is 0 Å². The molecule has 1 saturated heterocycles. The van der Waals surface area contributed by atoms with E-state index in [1.807, 2.05) is 24.3 Å². The fourth-order valence-corrected chi connectivity index (χ4v) is 2.96. The third kappa shape index (κ3) is 3.45. The molecule has 1 aliphatic rings. The van der Waals surface area contributed by atoms with E-state index in [0.717, 1.165) is 12.1 Å². The number of hydrogen-bond acceptors (Lipinski definition) is 1. The summed E-state index contributed by atoms with van der Waals surface area (Å²) in [5.41, 5.74) is 4.08. The van der Waals surface area contributed by atoms with Gasteiger partial charge < -0.3 is 0 Å². The van der Waals surface area contributed by atoms with Crippen LogP contribution < -0.4 is 0 Å². The van der Waals surface area contributed by atoms with Crippen molar-refractivity contribution in [3.05, 3.63) is 66.0 Å². The van der Waals surface area contributed by atoms with Crippen molar-refractivity contribution in [3.8, 4) is 11.1 Å². The standard InChI is InChI=1S/C20H22FN/c1-16(12-15-22-13-4-5-14-22)17-8-10-18(11-9-17)19-6-2-3-7-20(19)21/h2-3,6-12H,4-5,13-15H2,1H3/b16-12-. The molecule has 0 unspecified atom stereocenters. The molecule has 1 heterocycles. The molecule has 0 atom stereocenters. The third-order valence-corrected chi connectivity index (χ3v) is 4.38. The third-order valence-electron chi connectivity index (χ3n) is 4.38. The Morgan fingerprint density at radius 1 is 1.05 bits per heavy atom. The number of rotatable bonds is 4. The highest BCUT2D eigenvalue weighted by Crippen LogP contribution is 2.24. The van der Waals surface area contributed by atoms with E-state index in [9.17, 15) is 4.39 Å². The molecule has 2 aromatic carbocycles. The molecule has 3 rings (SSSR count). The summed E-state index contributed by atoms with van der Waals surface area (Å²) in [5, 5.41) is 0. The van der Waals surface area contributed by atoms with Crippen LogP contribution in [0.2, 0.25) is 0 Å². The monoisotopic (exact) mass is 295 g/mol. The maximum atomic E-state index is 13.8. The first-order chi connectivity index (χ1) is 10.7. The van der Waals surface area contributed by atoms with Crippen LogP contribution in [0.5, 0.6) is 0 Å². The lowest BCUT2D eigenvalue weighted by atomic mass is 10.0. The second-order valence-electron chi connectivity index (χ2n) is 5.95. The van der Waals surface area contributed by atoms with Crippen LogP contribution in [-0.2, 0) is 0 Å². The summed E-state index contributed by atoms with van der Waals surface area (Å²) < 4.78 is 13.8. The van der Waals surface area contributed by atoms with Crippen LogP contribution in [0.3, 0.4) is 0 Å². The predicted molar refractivity (Wildman–Crippen MR) is 91.2 cm³/mol. The lowest BCUT2D eigenvalue weighted by Crippen LogP contribution is -2.18. The molecule has 1 nitrogen and oxygen atoms in total. The number of hydrogen-bond donors (Lipinski definition) is 0. The summed E-state index contributed by atoms with van der Waals surface area (Å²) in [5.74, 6) is -0.170. The van der Waals surface area contributed by atoms with Gasteiger partial charge in [-0.3, -0.25) is 4.90 Å². The van der Waals surface area contributed by atoms with Crippen molar-refractivity contribution in [3.63, 3.8) is 0 Å². The lowest BCUT2D eigenvalue weighted by molar-refractivity contribution is 0.377. The molecule has 2 heteroatoms. The zero-order valence-corrected chi connectivity index (χ0v) is 13.1. The second-order valence-corrected chi connectivity index (χ2v) is 5.95. The van der Waals surface area contributed by atoms with Crippen molar-refractivity contribution in [2.75, 3.05) is 19.6 Å². The Bertz CT molecular complexity index is 652. The lowest BCUT2D eigenvalue weighted by Gasteiger charge is -2.12. The normalized spacial score (nSPS) is 16.2. The molecule has 0 aliphatic carbocycles. The van der Waals surface area contributed by atoms with Gasteiger partial charge in [-0.25, -0.2) is 4.39 Å². The van der Waals surface area contributed by atoms with E-state index in [1.54, 1.807) is 6.07 Å². The van der Waals surface area contributed by atoms with Gasteiger partial charge in [-0.2, -0.15) is 0 Å². The Labute approximate surface area is 132 Å². The van der Waals surface area contributed by atoms with Crippen molar-refractivity contribution >= 4 is 5.57 Å². The Kier molecular flexibility index (Phi) is 4.69. The highest BCUT2D eigenvalue weighted by Gasteiger charge is 2.09. The highest BCUT2D eigenvalue weighted by atomic mass is 19.1. The van der Waals surface area contributed by atoms with Crippen LogP contribution in [0.15, 0.2) is 54.6 Å². The molecule has 0 bridgehead atoms. The Balaban J connectivity index is 1.73. The maximum Gasteiger partial charge on any atom is 0.131 e. The molecule has 22 heavy (non-hydrogen) atoms. The first kappa shape index (κ1) is 15.0. The summed E-state index contributed by atoms with van der Waals surface area (Å²) in [4.78, 5) is 2.48. The van der Waals surface area contributed by atoms with Gasteiger partial charge in [0.15, 0.2) is 0 Å². The van der Waals surface area contributed by atoms with E-state index < -0.39 is 0 Å². The Hall–Kier alpha value is -1.93. The molecule has 1 fully saturated rings. The summed E-state index contributed by atoms with van der Waals surface area (Å²) in [6.45, 7) is 5.61. The predicted octanol–water partition coefficient (Wildman–Crippen LogP) is 4.99. The Morgan fingerprint density at radius 3 is 2.41 bits per heavy atom. The van der Waals surface area contributed by atoms with Crippen molar-refractivity contribution in [2.45, 2.75) is 19.8 Å². The van der Waals surface area contributed by atoms with E-state index >= 15 is 0 Å². The fourth-order valence-electron chi connectivity index (χ4n) is 2.96. The van der Waals surface area contributed by atoms with Crippen LogP contribution in [0.1, 0.15) is 25.3 Å². The van der Waals surface area contributed by atoms with Crippen LogP contribution in [0, 0.1) is 5.82 Å². The van der Waals surface area contributed by atoms with Crippen LogP contribution in [-0.4, -0.2) is 24.5 Å². The number of allylic oxidation sites excluding steroid dienone is 1. The van der Waals surface area contributed by atoms with E-state index in [1.165, 1.54) is 43.1 Å². The second kappa shape index (κ2) is 6.89. The summed E-state index contributed by atoms with van der Waals surface area (Å²) in [6, 6.07) is 15.1. The largest absolute Gasteiger partial charge is 0.300 e. The number of halogens is 1. The molecule has 0 spiro atoms. The zero-order chi connectivity index (χ0) is 15.4. The van der Waals surface area contributed by atoms with Gasteiger partial charge in [-0.05, 0) is 55.6 Å². The summed E-state index contributed by atoms with van der Waals surface area (Å²) >= 11 is 0. The average Bonchev–Trinajstić information content (AvgIpc) is 3.07. The SMILES string of the molecule is C/C(=C/CN1CCCC1)c1ccc(-c2ccccc2F)cc1. The van der Waals surface area contributed by atoms with Crippen LogP contribution in [0.25, 0.3) is 16.7 Å². The zero-order valence-electron chi connectivity index (χ0n) is 13.1. The summed E-state index contributed by atoms with van der Waals surface area (Å²) in [7, 11) is 0. The topological polar surface area (TPSA) is 3.24 Å². The van der Waals surface area contributed by atoms with Crippen molar-refractivity contribution in [1.82, 2.24) is 4.90 Å². The van der Waals surface area contributed by atoms with E-state index in [0.29, 0.717) is 5.56 Å². The molecule has 0 amide bonds. The molecular formula is C20H22FN. The van der Waals surface area contributed by atoms with E-state index in [4.69, 9.17) is 0 Å². The number of benzene rings is 2. The molecular weight excluding hydrogens is 273 g/mol. The Morgan fingerprint density at radius 2 is 1.73 bits per heavy atom. The highest BCUT2D eigenvalue weighted by molar-refractivity contribution is 5.69. The number of likely N-dealkylation sites (tertiary alicyclic amines) is 1. The summed E-state index contributed by atoms with van der Waals surface area (Å²) in [6.07, 6.45) is 4.94. The van der Waals surface area contributed by atoms with Gasteiger partial charge in [0.25, 0.3) is 0 Å². The number of nitrogens with zero attached hydrogens (tertiary/aromatic N) is 1. The van der Waals surface area contributed by atoms with E-state index in [-0.39, 0.29) is 5.82 Å². The molecule has 0 saturated carbocycles. The van der Waals surface area contributed by atoms with Gasteiger partial charge in [0.2, 0.25) is 0 Å². The minimum Gasteiger partial charge on any atom is -0.300 e. The van der Waals surface area contributed by atoms with Gasteiger partial charge in [0, 0.05) is 12.1 Å². The molecule has 2 aromatic rings. The van der Waals surface area contributed by atoms with Gasteiger partial charge in [-0.1, -0.05) is 48.5 Å². The fraction of sp³-hybridized carbons (Fsp3) is 0.300. The van der Waals surface area contributed by atoms with E-state index in [2.05, 4.69) is 30.0 Å². The van der Waals surface area contributed by atoms with Crippen molar-refractivity contribution in [2.24, 2.45) is 0 Å².